The van der Waals surface area contributed by atoms with Crippen molar-refractivity contribution in [3.8, 4) is 0 Å². The Kier molecular flexibility index (Phi) is 7.43. The first-order chi connectivity index (χ1) is 14.6. The largest absolute Gasteiger partial charge is 0.450 e. The lowest BCUT2D eigenvalue weighted by Gasteiger charge is -2.30. The van der Waals surface area contributed by atoms with Crippen molar-refractivity contribution in [3.05, 3.63) is 40.8 Å². The van der Waals surface area contributed by atoms with Crippen LogP contribution in [0.5, 0.6) is 0 Å². The highest BCUT2D eigenvalue weighted by atomic mass is 35.5. The van der Waals surface area contributed by atoms with Crippen LogP contribution in [-0.4, -0.2) is 69.4 Å². The molecule has 31 heavy (non-hydrogen) atoms. The summed E-state index contributed by atoms with van der Waals surface area (Å²) in [6, 6.07) is 3.44. The third-order valence-electron chi connectivity index (χ3n) is 5.13. The highest BCUT2D eigenvalue weighted by Gasteiger charge is 2.37. The molecule has 3 heterocycles. The molecule has 3 rings (SSSR count). The van der Waals surface area contributed by atoms with Gasteiger partial charge in [0.25, 0.3) is 0 Å². The lowest BCUT2D eigenvalue weighted by molar-refractivity contribution is -0.143. The number of ether oxygens (including phenoxy) is 2. The Bertz CT molecular complexity index is 815. The molecule has 1 N–H and O–H groups in total. The number of carbonyl (C=O) groups excluding carboxylic acids is 2. The molecule has 0 aliphatic carbocycles. The number of hydrogen-bond donors (Lipinski definition) is 1. The molecule has 1 fully saturated rings. The van der Waals surface area contributed by atoms with Gasteiger partial charge in [-0.25, -0.2) is 14.6 Å². The summed E-state index contributed by atoms with van der Waals surface area (Å²) in [5.41, 5.74) is 0.856. The predicted octanol–water partition coefficient (Wildman–Crippen LogP) is 3.13. The summed E-state index contributed by atoms with van der Waals surface area (Å²) in [7, 11) is 0. The SMILES string of the molecule is CC(C)(C)OC(=O)N(CCC(O)C1OC(=O)C=C1N1CCCC1)Cc1ccc(Cl)nc1. The van der Waals surface area contributed by atoms with Crippen LogP contribution >= 0.6 is 11.6 Å². The van der Waals surface area contributed by atoms with E-state index in [-0.39, 0.29) is 19.5 Å². The molecule has 0 aromatic carbocycles. The number of cyclic esters (lactones) is 1. The zero-order valence-electron chi connectivity index (χ0n) is 18.2. The zero-order valence-corrected chi connectivity index (χ0v) is 19.0. The van der Waals surface area contributed by atoms with Crippen LogP contribution in [0, 0.1) is 0 Å². The van der Waals surface area contributed by atoms with E-state index >= 15 is 0 Å². The van der Waals surface area contributed by atoms with E-state index in [1.807, 2.05) is 0 Å². The molecule has 8 nitrogen and oxygen atoms in total. The smallest absolute Gasteiger partial charge is 0.410 e. The number of nitrogens with zero attached hydrogens (tertiary/aromatic N) is 3. The van der Waals surface area contributed by atoms with E-state index < -0.39 is 29.9 Å². The van der Waals surface area contributed by atoms with Gasteiger partial charge in [0.15, 0.2) is 6.10 Å². The van der Waals surface area contributed by atoms with E-state index in [1.54, 1.807) is 39.1 Å². The maximum atomic E-state index is 12.8. The Hall–Kier alpha value is -2.32. The average molecular weight is 452 g/mol. The number of aliphatic hydroxyl groups excluding tert-OH is 1. The molecule has 0 bridgehead atoms. The lowest BCUT2D eigenvalue weighted by Crippen LogP contribution is -2.41. The Morgan fingerprint density at radius 2 is 2.10 bits per heavy atom. The monoisotopic (exact) mass is 451 g/mol. The third kappa shape index (κ3) is 6.58. The molecule has 1 aromatic rings. The maximum Gasteiger partial charge on any atom is 0.410 e. The van der Waals surface area contributed by atoms with Crippen molar-refractivity contribution in [1.82, 2.24) is 14.8 Å². The number of likely N-dealkylation sites (tertiary alicyclic amines) is 1. The van der Waals surface area contributed by atoms with Crippen molar-refractivity contribution in [2.24, 2.45) is 0 Å². The Morgan fingerprint density at radius 3 is 2.71 bits per heavy atom. The first-order valence-electron chi connectivity index (χ1n) is 10.6. The van der Waals surface area contributed by atoms with Crippen molar-refractivity contribution in [3.63, 3.8) is 0 Å². The fraction of sp³-hybridized carbons (Fsp3) is 0.591. The van der Waals surface area contributed by atoms with Gasteiger partial charge in [0.05, 0.1) is 18.3 Å². The molecule has 9 heteroatoms. The van der Waals surface area contributed by atoms with Crippen LogP contribution in [0.2, 0.25) is 5.15 Å². The number of esters is 1. The number of amides is 1. The fourth-order valence-electron chi connectivity index (χ4n) is 3.67. The van der Waals surface area contributed by atoms with Crippen LogP contribution in [0.1, 0.15) is 45.6 Å². The van der Waals surface area contributed by atoms with Gasteiger partial charge in [-0.2, -0.15) is 0 Å². The first kappa shape index (κ1) is 23.3. The molecule has 0 radical (unpaired) electrons. The second-order valence-electron chi connectivity index (χ2n) is 8.87. The van der Waals surface area contributed by atoms with Crippen LogP contribution in [0.4, 0.5) is 4.79 Å². The van der Waals surface area contributed by atoms with Gasteiger partial charge in [0, 0.05) is 31.9 Å². The molecular formula is C22H30ClN3O5. The molecule has 2 unspecified atom stereocenters. The Balaban J connectivity index is 1.66. The van der Waals surface area contributed by atoms with Crippen LogP contribution in [0.3, 0.4) is 0 Å². The van der Waals surface area contributed by atoms with Gasteiger partial charge in [0.2, 0.25) is 0 Å². The van der Waals surface area contributed by atoms with Crippen LogP contribution in [0.25, 0.3) is 0 Å². The van der Waals surface area contributed by atoms with E-state index in [4.69, 9.17) is 21.1 Å². The standard InChI is InChI=1S/C22H30ClN3O5/c1-22(2,3)31-21(29)26(14-15-6-7-18(23)24-13-15)11-8-17(27)20-16(12-19(28)30-20)25-9-4-5-10-25/h6-7,12-13,17,20,27H,4-5,8-11,14H2,1-3H3. The molecule has 0 spiro atoms. The summed E-state index contributed by atoms with van der Waals surface area (Å²) >= 11 is 5.85. The first-order valence-corrected chi connectivity index (χ1v) is 10.9. The highest BCUT2D eigenvalue weighted by Crippen LogP contribution is 2.27. The van der Waals surface area contributed by atoms with E-state index in [0.717, 1.165) is 37.2 Å². The zero-order chi connectivity index (χ0) is 22.6. The van der Waals surface area contributed by atoms with Crippen molar-refractivity contribution < 1.29 is 24.2 Å². The van der Waals surface area contributed by atoms with Crippen molar-refractivity contribution in [2.45, 2.75) is 64.4 Å². The summed E-state index contributed by atoms with van der Waals surface area (Å²) in [6.07, 6.45) is 3.24. The summed E-state index contributed by atoms with van der Waals surface area (Å²) < 4.78 is 10.9. The number of halogens is 1. The quantitative estimate of drug-likeness (QED) is 0.503. The van der Waals surface area contributed by atoms with Crippen LogP contribution in [-0.2, 0) is 20.8 Å². The van der Waals surface area contributed by atoms with Gasteiger partial charge >= 0.3 is 12.1 Å². The topological polar surface area (TPSA) is 92.2 Å². The van der Waals surface area contributed by atoms with Crippen LogP contribution in [0.15, 0.2) is 30.1 Å². The number of carbonyl (C=O) groups is 2. The van der Waals surface area contributed by atoms with Crippen LogP contribution < -0.4 is 0 Å². The minimum atomic E-state index is -0.938. The normalized spacial score (nSPS) is 19.8. The van der Waals surface area contributed by atoms with E-state index in [2.05, 4.69) is 9.88 Å². The van der Waals surface area contributed by atoms with Gasteiger partial charge < -0.3 is 24.4 Å². The molecule has 0 saturated carbocycles. The molecule has 1 aromatic heterocycles. The Morgan fingerprint density at radius 1 is 1.39 bits per heavy atom. The van der Waals surface area contributed by atoms with E-state index in [0.29, 0.717) is 5.15 Å². The van der Waals surface area contributed by atoms with Gasteiger partial charge in [-0.1, -0.05) is 17.7 Å². The molecule has 1 saturated heterocycles. The van der Waals surface area contributed by atoms with Gasteiger partial charge in [-0.05, 0) is 51.7 Å². The van der Waals surface area contributed by atoms with E-state index in [1.165, 1.54) is 11.0 Å². The minimum Gasteiger partial charge on any atom is -0.450 e. The van der Waals surface area contributed by atoms with Gasteiger partial charge in [-0.3, -0.25) is 0 Å². The lowest BCUT2D eigenvalue weighted by atomic mass is 10.1. The summed E-state index contributed by atoms with van der Waals surface area (Å²) in [5, 5.41) is 11.2. The fourth-order valence-corrected chi connectivity index (χ4v) is 3.78. The number of rotatable bonds is 7. The summed E-state index contributed by atoms with van der Waals surface area (Å²) in [4.78, 5) is 32.3. The molecule has 2 aliphatic heterocycles. The van der Waals surface area contributed by atoms with Gasteiger partial charge in [-0.15, -0.1) is 0 Å². The summed E-state index contributed by atoms with van der Waals surface area (Å²) in [6.45, 7) is 7.57. The molecule has 2 aliphatic rings. The second-order valence-corrected chi connectivity index (χ2v) is 9.26. The number of aliphatic hydroxyl groups is 1. The van der Waals surface area contributed by atoms with Crippen molar-refractivity contribution >= 4 is 23.7 Å². The highest BCUT2D eigenvalue weighted by molar-refractivity contribution is 6.29. The number of hydrogen-bond acceptors (Lipinski definition) is 7. The summed E-state index contributed by atoms with van der Waals surface area (Å²) in [5.74, 6) is -0.442. The number of aromatic nitrogens is 1. The predicted molar refractivity (Wildman–Crippen MR) is 115 cm³/mol. The Labute approximate surface area is 187 Å². The maximum absolute atomic E-state index is 12.8. The minimum absolute atomic E-state index is 0.222. The number of pyridine rings is 1. The molecule has 1 amide bonds. The average Bonchev–Trinajstić information content (AvgIpc) is 3.34. The molecule has 2 atom stereocenters. The van der Waals surface area contributed by atoms with E-state index in [9.17, 15) is 14.7 Å². The van der Waals surface area contributed by atoms with Crippen molar-refractivity contribution in [2.75, 3.05) is 19.6 Å². The third-order valence-corrected chi connectivity index (χ3v) is 5.35. The molecular weight excluding hydrogens is 422 g/mol. The van der Waals surface area contributed by atoms with Gasteiger partial charge in [0.1, 0.15) is 10.8 Å². The molecule has 170 valence electrons. The van der Waals surface area contributed by atoms with Crippen molar-refractivity contribution in [1.29, 1.82) is 0 Å². The second kappa shape index (κ2) is 9.87.